The Bertz CT molecular complexity index is 449. The number of nitrogens with one attached hydrogen (secondary N) is 2. The number of methoxy groups -OCH3 is 2. The fourth-order valence-electron chi connectivity index (χ4n) is 1.72. The molecule has 1 amide bonds. The van der Waals surface area contributed by atoms with E-state index in [1.165, 1.54) is 7.11 Å². The largest absolute Gasteiger partial charge is 0.497 e. The summed E-state index contributed by atoms with van der Waals surface area (Å²) in [5.41, 5.74) is 1.40. The Morgan fingerprint density at radius 1 is 1.25 bits per heavy atom. The number of carbonyl (C=O) groups is 2. The molecule has 0 aromatic heterocycles. The highest BCUT2D eigenvalue weighted by Gasteiger charge is 2.09. The van der Waals surface area contributed by atoms with Gasteiger partial charge in [0, 0.05) is 13.1 Å². The number of hydrogen-bond donors (Lipinski definition) is 2. The fourth-order valence-corrected chi connectivity index (χ4v) is 1.72. The molecular weight excluding hydrogens is 260 g/mol. The number of rotatable bonds is 9. The summed E-state index contributed by atoms with van der Waals surface area (Å²) in [6.45, 7) is 2.02. The van der Waals surface area contributed by atoms with Gasteiger partial charge in [-0.1, -0.05) is 0 Å². The molecule has 1 aromatic rings. The molecule has 0 radical (unpaired) electrons. The number of esters is 1. The van der Waals surface area contributed by atoms with Gasteiger partial charge in [0.1, 0.15) is 5.75 Å². The van der Waals surface area contributed by atoms with Gasteiger partial charge in [-0.2, -0.15) is 0 Å². The molecule has 0 aliphatic carbocycles. The number of ether oxygens (including phenoxy) is 2. The Morgan fingerprint density at radius 2 is 2.05 bits per heavy atom. The summed E-state index contributed by atoms with van der Waals surface area (Å²) >= 11 is 0. The SMILES string of the molecule is COC(=O)c1cc(CNCCCNC=O)cc(OC)c1. The molecule has 0 aliphatic heterocycles. The van der Waals surface area contributed by atoms with E-state index in [0.29, 0.717) is 30.8 Å². The summed E-state index contributed by atoms with van der Waals surface area (Å²) in [5.74, 6) is 0.229. The van der Waals surface area contributed by atoms with Crippen LogP contribution in [0.15, 0.2) is 18.2 Å². The maximum Gasteiger partial charge on any atom is 0.337 e. The third-order valence-electron chi connectivity index (χ3n) is 2.71. The van der Waals surface area contributed by atoms with Gasteiger partial charge in [-0.15, -0.1) is 0 Å². The van der Waals surface area contributed by atoms with Crippen molar-refractivity contribution in [2.24, 2.45) is 0 Å². The van der Waals surface area contributed by atoms with Crippen LogP contribution in [0.3, 0.4) is 0 Å². The van der Waals surface area contributed by atoms with E-state index >= 15 is 0 Å². The van der Waals surface area contributed by atoms with Crippen molar-refractivity contribution in [3.05, 3.63) is 29.3 Å². The van der Waals surface area contributed by atoms with Gasteiger partial charge in [-0.25, -0.2) is 4.79 Å². The molecule has 1 rings (SSSR count). The molecule has 0 fully saturated rings. The molecule has 0 saturated heterocycles. The van der Waals surface area contributed by atoms with E-state index in [1.807, 2.05) is 6.07 Å². The first-order chi connectivity index (χ1) is 9.71. The standard InChI is InChI=1S/C14H20N2O4/c1-19-13-7-11(6-12(8-13)14(18)20-2)9-15-4-3-5-16-10-17/h6-8,10,15H,3-5,9H2,1-2H3,(H,16,17). The lowest BCUT2D eigenvalue weighted by Gasteiger charge is -2.09. The third kappa shape index (κ3) is 5.27. The van der Waals surface area contributed by atoms with Crippen molar-refractivity contribution in [2.45, 2.75) is 13.0 Å². The second-order valence-electron chi connectivity index (χ2n) is 4.16. The van der Waals surface area contributed by atoms with E-state index in [1.54, 1.807) is 19.2 Å². The lowest BCUT2D eigenvalue weighted by Crippen LogP contribution is -2.21. The number of hydrogen-bond acceptors (Lipinski definition) is 5. The molecule has 0 unspecified atom stereocenters. The van der Waals surface area contributed by atoms with Gasteiger partial charge in [-0.05, 0) is 36.7 Å². The zero-order chi connectivity index (χ0) is 14.8. The van der Waals surface area contributed by atoms with Crippen molar-refractivity contribution in [1.82, 2.24) is 10.6 Å². The van der Waals surface area contributed by atoms with Crippen molar-refractivity contribution in [3.8, 4) is 5.75 Å². The smallest absolute Gasteiger partial charge is 0.337 e. The summed E-state index contributed by atoms with van der Waals surface area (Å²) in [6, 6.07) is 5.28. The predicted octanol–water partition coefficient (Wildman–Crippen LogP) is 0.708. The Kier molecular flexibility index (Phi) is 7.13. The van der Waals surface area contributed by atoms with Gasteiger partial charge in [0.05, 0.1) is 19.8 Å². The average molecular weight is 280 g/mol. The van der Waals surface area contributed by atoms with E-state index in [0.717, 1.165) is 18.5 Å². The first kappa shape index (κ1) is 16.0. The summed E-state index contributed by atoms with van der Waals surface area (Å²) in [6.07, 6.45) is 1.53. The molecule has 0 spiro atoms. The highest BCUT2D eigenvalue weighted by Crippen LogP contribution is 2.17. The van der Waals surface area contributed by atoms with Gasteiger partial charge < -0.3 is 20.1 Å². The van der Waals surface area contributed by atoms with Gasteiger partial charge in [0.25, 0.3) is 0 Å². The second-order valence-corrected chi connectivity index (χ2v) is 4.16. The van der Waals surface area contributed by atoms with Crippen LogP contribution in [0.2, 0.25) is 0 Å². The minimum atomic E-state index is -0.389. The van der Waals surface area contributed by atoms with Gasteiger partial charge in [0.2, 0.25) is 6.41 Å². The maximum atomic E-state index is 11.5. The number of carbonyl (C=O) groups excluding carboxylic acids is 2. The van der Waals surface area contributed by atoms with Gasteiger partial charge in [0.15, 0.2) is 0 Å². The van der Waals surface area contributed by atoms with Crippen LogP contribution in [0.4, 0.5) is 0 Å². The monoisotopic (exact) mass is 280 g/mol. The van der Waals surface area contributed by atoms with Crippen molar-refractivity contribution in [2.75, 3.05) is 27.3 Å². The van der Waals surface area contributed by atoms with Crippen LogP contribution >= 0.6 is 0 Å². The van der Waals surface area contributed by atoms with Crippen molar-refractivity contribution >= 4 is 12.4 Å². The Morgan fingerprint density at radius 3 is 2.70 bits per heavy atom. The van der Waals surface area contributed by atoms with Crippen molar-refractivity contribution in [1.29, 1.82) is 0 Å². The molecule has 20 heavy (non-hydrogen) atoms. The molecule has 0 saturated carbocycles. The van der Waals surface area contributed by atoms with Crippen LogP contribution in [0.1, 0.15) is 22.3 Å². The first-order valence-electron chi connectivity index (χ1n) is 6.35. The zero-order valence-corrected chi connectivity index (χ0v) is 11.8. The van der Waals surface area contributed by atoms with E-state index in [-0.39, 0.29) is 5.97 Å². The fraction of sp³-hybridized carbons (Fsp3) is 0.429. The Labute approximate surface area is 118 Å². The second kappa shape index (κ2) is 8.92. The molecule has 2 N–H and O–H groups in total. The van der Waals surface area contributed by atoms with Crippen LogP contribution in [-0.2, 0) is 16.1 Å². The number of benzene rings is 1. The van der Waals surface area contributed by atoms with E-state index in [9.17, 15) is 9.59 Å². The zero-order valence-electron chi connectivity index (χ0n) is 11.8. The lowest BCUT2D eigenvalue weighted by atomic mass is 10.1. The normalized spacial score (nSPS) is 9.90. The predicted molar refractivity (Wildman–Crippen MR) is 74.7 cm³/mol. The maximum absolute atomic E-state index is 11.5. The minimum Gasteiger partial charge on any atom is -0.497 e. The van der Waals surface area contributed by atoms with Crippen molar-refractivity contribution in [3.63, 3.8) is 0 Å². The summed E-state index contributed by atoms with van der Waals surface area (Å²) < 4.78 is 9.87. The molecule has 6 heteroatoms. The molecular formula is C14H20N2O4. The van der Waals surface area contributed by atoms with Crippen LogP contribution in [-0.4, -0.2) is 39.7 Å². The topological polar surface area (TPSA) is 76.7 Å². The molecule has 6 nitrogen and oxygen atoms in total. The van der Waals surface area contributed by atoms with Crippen LogP contribution in [0.5, 0.6) is 5.75 Å². The molecule has 0 aliphatic rings. The van der Waals surface area contributed by atoms with Crippen LogP contribution < -0.4 is 15.4 Å². The Balaban J connectivity index is 2.55. The highest BCUT2D eigenvalue weighted by molar-refractivity contribution is 5.90. The summed E-state index contributed by atoms with van der Waals surface area (Å²) in [5, 5.41) is 5.83. The third-order valence-corrected chi connectivity index (χ3v) is 2.71. The lowest BCUT2D eigenvalue weighted by molar-refractivity contribution is -0.109. The minimum absolute atomic E-state index is 0.389. The van der Waals surface area contributed by atoms with Gasteiger partial charge in [-0.3, -0.25) is 4.79 Å². The summed E-state index contributed by atoms with van der Waals surface area (Å²) in [4.78, 5) is 21.6. The molecule has 0 heterocycles. The molecule has 0 atom stereocenters. The Hall–Kier alpha value is -2.08. The van der Waals surface area contributed by atoms with Crippen molar-refractivity contribution < 1.29 is 19.1 Å². The van der Waals surface area contributed by atoms with Gasteiger partial charge >= 0.3 is 5.97 Å². The first-order valence-corrected chi connectivity index (χ1v) is 6.35. The summed E-state index contributed by atoms with van der Waals surface area (Å²) in [7, 11) is 2.90. The van der Waals surface area contributed by atoms with Crippen LogP contribution in [0, 0.1) is 0 Å². The van der Waals surface area contributed by atoms with E-state index < -0.39 is 0 Å². The molecule has 0 bridgehead atoms. The molecule has 110 valence electrons. The number of amides is 1. The quantitative estimate of drug-likeness (QED) is 0.396. The highest BCUT2D eigenvalue weighted by atomic mass is 16.5. The average Bonchev–Trinajstić information content (AvgIpc) is 2.49. The van der Waals surface area contributed by atoms with E-state index in [2.05, 4.69) is 10.6 Å². The molecule has 1 aromatic carbocycles. The van der Waals surface area contributed by atoms with E-state index in [4.69, 9.17) is 9.47 Å². The van der Waals surface area contributed by atoms with Crippen LogP contribution in [0.25, 0.3) is 0 Å².